The molecule has 3 N–H and O–H groups in total. The third-order valence-corrected chi connectivity index (χ3v) is 5.85. The first-order valence-corrected chi connectivity index (χ1v) is 9.62. The fraction of sp³-hybridized carbons (Fsp3) is 0.533. The molecule has 2 rings (SSSR count). The molecule has 0 saturated carbocycles. The topological polar surface area (TPSA) is 122 Å². The predicted octanol–water partition coefficient (Wildman–Crippen LogP) is 0.349. The summed E-state index contributed by atoms with van der Waals surface area (Å²) in [4.78, 5) is 11.9. The Morgan fingerprint density at radius 3 is 2.64 bits per heavy atom. The Balaban J connectivity index is 1.88. The van der Waals surface area contributed by atoms with Crippen LogP contribution in [0.15, 0.2) is 29.2 Å². The molecule has 0 aliphatic carbocycles. The Morgan fingerprint density at radius 2 is 2.08 bits per heavy atom. The van der Waals surface area contributed by atoms with Gasteiger partial charge in [-0.15, -0.1) is 0 Å². The number of aliphatic hydroxyl groups excluding tert-OH is 2. The average Bonchev–Trinajstić information content (AvgIpc) is 2.87. The molecule has 0 bridgehead atoms. The molecule has 25 heavy (non-hydrogen) atoms. The van der Waals surface area contributed by atoms with Crippen molar-refractivity contribution in [1.29, 1.82) is 0 Å². The molecule has 0 spiro atoms. The number of amides is 1. The first kappa shape index (κ1) is 19.9. The molecule has 1 aliphatic rings. The fourth-order valence-electron chi connectivity index (χ4n) is 2.42. The van der Waals surface area contributed by atoms with Crippen molar-refractivity contribution >= 4 is 27.5 Å². The summed E-state index contributed by atoms with van der Waals surface area (Å²) in [6, 6.07) is 4.96. The van der Waals surface area contributed by atoms with Gasteiger partial charge in [0, 0.05) is 5.02 Å². The molecule has 8 nitrogen and oxygen atoms in total. The highest BCUT2D eigenvalue weighted by Gasteiger charge is 2.37. The summed E-state index contributed by atoms with van der Waals surface area (Å²) < 4.78 is 34.7. The smallest absolute Gasteiger partial charge is 0.407 e. The Hall–Kier alpha value is -1.39. The van der Waals surface area contributed by atoms with Gasteiger partial charge in [-0.1, -0.05) is 11.6 Å². The Kier molecular flexibility index (Phi) is 6.64. The largest absolute Gasteiger partial charge is 0.445 e. The molecule has 1 aromatic carbocycles. The quantitative estimate of drug-likeness (QED) is 0.637. The molecule has 0 aromatic heterocycles. The molecule has 1 amide bonds. The molecular formula is C15H20ClNO7S. The second-order valence-corrected chi connectivity index (χ2v) is 8.22. The molecule has 1 heterocycles. The summed E-state index contributed by atoms with van der Waals surface area (Å²) in [5.41, 5.74) is 0. The van der Waals surface area contributed by atoms with E-state index in [4.69, 9.17) is 26.2 Å². The molecule has 1 aliphatic heterocycles. The van der Waals surface area contributed by atoms with Crippen LogP contribution < -0.4 is 5.32 Å². The first-order valence-electron chi connectivity index (χ1n) is 7.59. The summed E-state index contributed by atoms with van der Waals surface area (Å²) in [6.45, 7) is 1.11. The van der Waals surface area contributed by atoms with E-state index >= 15 is 0 Å². The van der Waals surface area contributed by atoms with Crippen molar-refractivity contribution in [1.82, 2.24) is 5.32 Å². The zero-order chi connectivity index (χ0) is 18.6. The minimum atomic E-state index is -3.64. The van der Waals surface area contributed by atoms with Crippen LogP contribution in [0.1, 0.15) is 6.92 Å². The van der Waals surface area contributed by atoms with Gasteiger partial charge in [0.15, 0.2) is 9.84 Å². The fourth-order valence-corrected chi connectivity index (χ4v) is 3.98. The number of rotatable bonds is 6. The van der Waals surface area contributed by atoms with Gasteiger partial charge in [-0.3, -0.25) is 0 Å². The van der Waals surface area contributed by atoms with Gasteiger partial charge in [0.1, 0.15) is 18.3 Å². The molecule has 10 heteroatoms. The van der Waals surface area contributed by atoms with Crippen molar-refractivity contribution in [2.75, 3.05) is 19.0 Å². The number of carbonyl (C=O) groups excluding carboxylic acids is 1. The number of aliphatic hydroxyl groups is 2. The van der Waals surface area contributed by atoms with Gasteiger partial charge in [0.25, 0.3) is 0 Å². The minimum absolute atomic E-state index is 0.0267. The van der Waals surface area contributed by atoms with Crippen LogP contribution in [-0.4, -0.2) is 68.0 Å². The molecule has 140 valence electrons. The van der Waals surface area contributed by atoms with Gasteiger partial charge in [-0.05, 0) is 31.2 Å². The van der Waals surface area contributed by atoms with E-state index in [9.17, 15) is 18.3 Å². The van der Waals surface area contributed by atoms with E-state index in [-0.39, 0.29) is 18.1 Å². The van der Waals surface area contributed by atoms with Gasteiger partial charge in [-0.2, -0.15) is 0 Å². The lowest BCUT2D eigenvalue weighted by molar-refractivity contribution is 0.00261. The van der Waals surface area contributed by atoms with Crippen LogP contribution in [0.3, 0.4) is 0 Å². The van der Waals surface area contributed by atoms with E-state index in [1.165, 1.54) is 31.2 Å². The number of nitrogens with one attached hydrogen (secondary N) is 1. The zero-order valence-corrected chi connectivity index (χ0v) is 15.0. The third kappa shape index (κ3) is 5.29. The molecule has 4 atom stereocenters. The van der Waals surface area contributed by atoms with Crippen LogP contribution in [-0.2, 0) is 19.3 Å². The van der Waals surface area contributed by atoms with Gasteiger partial charge in [-0.25, -0.2) is 13.2 Å². The first-order chi connectivity index (χ1) is 11.7. The van der Waals surface area contributed by atoms with Crippen molar-refractivity contribution < 1.29 is 32.9 Å². The molecule has 1 aromatic rings. The lowest BCUT2D eigenvalue weighted by Crippen LogP contribution is -2.46. The van der Waals surface area contributed by atoms with E-state index in [1.807, 2.05) is 0 Å². The van der Waals surface area contributed by atoms with Crippen LogP contribution in [0.5, 0.6) is 0 Å². The SMILES string of the molecule is CC(CS(=O)(=O)c1ccc(Cl)cc1)OC(=O)NC1CO[C@H](CO)[C@@H]1O. The Bertz CT molecular complexity index is 694. The number of sulfone groups is 1. The Morgan fingerprint density at radius 1 is 1.44 bits per heavy atom. The number of ether oxygens (including phenoxy) is 2. The Labute approximate surface area is 150 Å². The van der Waals surface area contributed by atoms with Crippen LogP contribution in [0.2, 0.25) is 5.02 Å². The second kappa shape index (κ2) is 8.33. The summed E-state index contributed by atoms with van der Waals surface area (Å²) in [6.07, 6.45) is -3.61. The van der Waals surface area contributed by atoms with E-state index in [2.05, 4.69) is 5.32 Å². The lowest BCUT2D eigenvalue weighted by Gasteiger charge is -2.19. The van der Waals surface area contributed by atoms with Crippen LogP contribution in [0, 0.1) is 0 Å². The molecule has 1 saturated heterocycles. The van der Waals surface area contributed by atoms with Crippen molar-refractivity contribution in [3.8, 4) is 0 Å². The number of benzene rings is 1. The number of hydrogen-bond donors (Lipinski definition) is 3. The maximum atomic E-state index is 12.3. The number of alkyl carbamates (subject to hydrolysis) is 1. The summed E-state index contributed by atoms with van der Waals surface area (Å²) in [5, 5.41) is 21.6. The number of halogens is 1. The second-order valence-electron chi connectivity index (χ2n) is 5.75. The van der Waals surface area contributed by atoms with Crippen LogP contribution in [0.4, 0.5) is 4.79 Å². The maximum absolute atomic E-state index is 12.3. The van der Waals surface area contributed by atoms with Crippen molar-refractivity contribution in [3.05, 3.63) is 29.3 Å². The van der Waals surface area contributed by atoms with Gasteiger partial charge in [0.2, 0.25) is 0 Å². The summed E-state index contributed by atoms with van der Waals surface area (Å²) in [7, 11) is -3.64. The van der Waals surface area contributed by atoms with Crippen molar-refractivity contribution in [2.45, 2.75) is 36.2 Å². The van der Waals surface area contributed by atoms with Gasteiger partial charge < -0.3 is 25.0 Å². The maximum Gasteiger partial charge on any atom is 0.407 e. The normalized spacial score (nSPS) is 24.7. The highest BCUT2D eigenvalue weighted by molar-refractivity contribution is 7.91. The number of hydrogen-bond acceptors (Lipinski definition) is 7. The summed E-state index contributed by atoms with van der Waals surface area (Å²) in [5.74, 6) is -0.398. The highest BCUT2D eigenvalue weighted by Crippen LogP contribution is 2.17. The van der Waals surface area contributed by atoms with E-state index < -0.39 is 46.0 Å². The van der Waals surface area contributed by atoms with Gasteiger partial charge in [0.05, 0.1) is 29.9 Å². The van der Waals surface area contributed by atoms with Crippen LogP contribution >= 0.6 is 11.6 Å². The molecule has 0 radical (unpaired) electrons. The monoisotopic (exact) mass is 393 g/mol. The molecular weight excluding hydrogens is 374 g/mol. The molecule has 1 fully saturated rings. The van der Waals surface area contributed by atoms with E-state index in [1.54, 1.807) is 0 Å². The average molecular weight is 394 g/mol. The predicted molar refractivity (Wildman–Crippen MR) is 89.2 cm³/mol. The number of carbonyl (C=O) groups is 1. The van der Waals surface area contributed by atoms with E-state index in [0.717, 1.165) is 0 Å². The summed E-state index contributed by atoms with van der Waals surface area (Å²) >= 11 is 5.73. The third-order valence-electron chi connectivity index (χ3n) is 3.70. The minimum Gasteiger partial charge on any atom is -0.445 e. The van der Waals surface area contributed by atoms with E-state index in [0.29, 0.717) is 5.02 Å². The highest BCUT2D eigenvalue weighted by atomic mass is 35.5. The van der Waals surface area contributed by atoms with Crippen LogP contribution in [0.25, 0.3) is 0 Å². The van der Waals surface area contributed by atoms with Gasteiger partial charge >= 0.3 is 6.09 Å². The lowest BCUT2D eigenvalue weighted by atomic mass is 10.1. The standard InChI is InChI=1S/C15H20ClNO7S/c1-9(8-25(21,22)11-4-2-10(16)3-5-11)24-15(20)17-12-7-23-13(6-18)14(12)19/h2-5,9,12-14,18-19H,6-8H2,1H3,(H,17,20)/t9?,12?,13-,14-/m1/s1. The molecule has 2 unspecified atom stereocenters. The van der Waals surface area contributed by atoms with Crippen molar-refractivity contribution in [2.24, 2.45) is 0 Å². The van der Waals surface area contributed by atoms with Crippen molar-refractivity contribution in [3.63, 3.8) is 0 Å². The zero-order valence-electron chi connectivity index (χ0n) is 13.5.